The third-order valence-electron chi connectivity index (χ3n) is 2.41. The van der Waals surface area contributed by atoms with E-state index in [-0.39, 0.29) is 0 Å². The van der Waals surface area contributed by atoms with E-state index in [2.05, 4.69) is 51.5 Å². The first kappa shape index (κ1) is 11.7. The molecule has 0 N–H and O–H groups in total. The van der Waals surface area contributed by atoms with E-state index in [0.29, 0.717) is 0 Å². The summed E-state index contributed by atoms with van der Waals surface area (Å²) in [6.45, 7) is 9.25. The molecule has 1 rings (SSSR count). The number of halogens is 1. The Labute approximate surface area is 94.2 Å². The van der Waals surface area contributed by atoms with Crippen molar-refractivity contribution in [2.75, 3.05) is 13.6 Å². The van der Waals surface area contributed by atoms with Crippen LogP contribution in [0.2, 0.25) is 0 Å². The van der Waals surface area contributed by atoms with Gasteiger partial charge in [0.25, 0.3) is 0 Å². The van der Waals surface area contributed by atoms with Crippen molar-refractivity contribution in [2.45, 2.75) is 33.9 Å². The molecule has 0 atom stereocenters. The highest BCUT2D eigenvalue weighted by Crippen LogP contribution is 2.21. The second-order valence-corrected chi connectivity index (χ2v) is 4.29. The van der Waals surface area contributed by atoms with Crippen molar-refractivity contribution >= 4 is 15.9 Å². The van der Waals surface area contributed by atoms with Crippen LogP contribution in [0.3, 0.4) is 0 Å². The molecule has 1 heterocycles. The van der Waals surface area contributed by atoms with Crippen molar-refractivity contribution in [1.82, 2.24) is 14.7 Å². The maximum Gasteiger partial charge on any atom is 0.0739 e. The molecule has 0 amide bonds. The molecule has 0 aromatic carbocycles. The molecule has 0 bridgehead atoms. The van der Waals surface area contributed by atoms with Gasteiger partial charge in [0.1, 0.15) is 0 Å². The van der Waals surface area contributed by atoms with E-state index >= 15 is 0 Å². The van der Waals surface area contributed by atoms with Gasteiger partial charge in [-0.15, -0.1) is 0 Å². The molecule has 1 aromatic heterocycles. The molecule has 4 heteroatoms. The second kappa shape index (κ2) is 4.94. The Balaban J connectivity index is 2.93. The summed E-state index contributed by atoms with van der Waals surface area (Å²) in [5, 5.41) is 4.46. The van der Waals surface area contributed by atoms with Crippen molar-refractivity contribution in [3.05, 3.63) is 15.9 Å². The highest BCUT2D eigenvalue weighted by atomic mass is 79.9. The van der Waals surface area contributed by atoms with Crippen LogP contribution in [0, 0.1) is 6.92 Å². The number of nitrogens with zero attached hydrogens (tertiary/aromatic N) is 3. The molecule has 0 saturated heterocycles. The van der Waals surface area contributed by atoms with E-state index < -0.39 is 0 Å². The zero-order valence-electron chi connectivity index (χ0n) is 9.34. The molecule has 1 aromatic rings. The topological polar surface area (TPSA) is 21.1 Å². The summed E-state index contributed by atoms with van der Waals surface area (Å²) in [7, 11) is 2.12. The zero-order valence-corrected chi connectivity index (χ0v) is 10.9. The number of aromatic nitrogens is 2. The van der Waals surface area contributed by atoms with Gasteiger partial charge in [-0.3, -0.25) is 4.68 Å². The molecule has 0 spiro atoms. The number of hydrogen-bond donors (Lipinski definition) is 0. The number of hydrogen-bond acceptors (Lipinski definition) is 2. The molecule has 0 aliphatic carbocycles. The summed E-state index contributed by atoms with van der Waals surface area (Å²) >= 11 is 3.59. The predicted octanol–water partition coefficient (Wildman–Crippen LogP) is 2.43. The van der Waals surface area contributed by atoms with Gasteiger partial charge < -0.3 is 4.90 Å². The van der Waals surface area contributed by atoms with E-state index in [4.69, 9.17) is 0 Å². The van der Waals surface area contributed by atoms with Gasteiger partial charge >= 0.3 is 0 Å². The molecule has 0 radical (unpaired) electrons. The lowest BCUT2D eigenvalue weighted by molar-refractivity contribution is 0.331. The van der Waals surface area contributed by atoms with Gasteiger partial charge in [-0.25, -0.2) is 0 Å². The first-order valence-electron chi connectivity index (χ1n) is 5.00. The summed E-state index contributed by atoms with van der Waals surface area (Å²) in [5.41, 5.74) is 2.35. The molecule has 0 aliphatic heterocycles. The SMILES string of the molecule is CCN(C)Cc1c(Br)c(C)nn1CC. The predicted molar refractivity (Wildman–Crippen MR) is 62.3 cm³/mol. The Morgan fingerprint density at radius 2 is 2.07 bits per heavy atom. The largest absolute Gasteiger partial charge is 0.301 e. The van der Waals surface area contributed by atoms with E-state index in [1.165, 1.54) is 5.69 Å². The Morgan fingerprint density at radius 1 is 1.43 bits per heavy atom. The van der Waals surface area contributed by atoms with Crippen molar-refractivity contribution < 1.29 is 0 Å². The summed E-state index contributed by atoms with van der Waals surface area (Å²) in [6.07, 6.45) is 0. The molecule has 0 unspecified atom stereocenters. The average Bonchev–Trinajstić information content (AvgIpc) is 2.45. The molecule has 0 saturated carbocycles. The minimum absolute atomic E-state index is 0.930. The van der Waals surface area contributed by atoms with Crippen LogP contribution < -0.4 is 0 Å². The quantitative estimate of drug-likeness (QED) is 0.829. The van der Waals surface area contributed by atoms with Crippen molar-refractivity contribution in [1.29, 1.82) is 0 Å². The molecular weight excluding hydrogens is 242 g/mol. The van der Waals surface area contributed by atoms with Crippen LogP contribution in [0.1, 0.15) is 25.2 Å². The monoisotopic (exact) mass is 259 g/mol. The molecular formula is C10H18BrN3. The summed E-state index contributed by atoms with van der Waals surface area (Å²) in [5.74, 6) is 0. The van der Waals surface area contributed by atoms with Crippen LogP contribution in [0.4, 0.5) is 0 Å². The van der Waals surface area contributed by atoms with Crippen LogP contribution in [-0.4, -0.2) is 28.3 Å². The van der Waals surface area contributed by atoms with Crippen LogP contribution in [0.15, 0.2) is 4.47 Å². The summed E-state index contributed by atoms with van der Waals surface area (Å²) in [6, 6.07) is 0. The standard InChI is InChI=1S/C10H18BrN3/c1-5-13(4)7-9-10(11)8(3)12-14(9)6-2/h5-7H2,1-4H3. The summed E-state index contributed by atoms with van der Waals surface area (Å²) in [4.78, 5) is 2.27. The maximum atomic E-state index is 4.46. The van der Waals surface area contributed by atoms with Crippen LogP contribution in [-0.2, 0) is 13.1 Å². The fourth-order valence-electron chi connectivity index (χ4n) is 1.39. The highest BCUT2D eigenvalue weighted by Gasteiger charge is 2.12. The lowest BCUT2D eigenvalue weighted by Gasteiger charge is -2.14. The molecule has 80 valence electrons. The maximum absolute atomic E-state index is 4.46. The van der Waals surface area contributed by atoms with E-state index in [1.54, 1.807) is 0 Å². The van der Waals surface area contributed by atoms with Crippen molar-refractivity contribution in [3.8, 4) is 0 Å². The Morgan fingerprint density at radius 3 is 2.57 bits per heavy atom. The second-order valence-electron chi connectivity index (χ2n) is 3.49. The van der Waals surface area contributed by atoms with Gasteiger partial charge in [-0.2, -0.15) is 5.10 Å². The van der Waals surface area contributed by atoms with Gasteiger partial charge in [-0.1, -0.05) is 6.92 Å². The van der Waals surface area contributed by atoms with E-state index in [9.17, 15) is 0 Å². The number of aryl methyl sites for hydroxylation is 2. The Kier molecular flexibility index (Phi) is 4.13. The molecule has 0 fully saturated rings. The number of rotatable bonds is 4. The molecule has 0 aliphatic rings. The Hall–Kier alpha value is -0.350. The minimum Gasteiger partial charge on any atom is -0.301 e. The third kappa shape index (κ3) is 2.36. The summed E-state index contributed by atoms with van der Waals surface area (Å²) < 4.78 is 3.21. The lowest BCUT2D eigenvalue weighted by Crippen LogP contribution is -2.19. The molecule has 14 heavy (non-hydrogen) atoms. The van der Waals surface area contributed by atoms with Gasteiger partial charge in [0.2, 0.25) is 0 Å². The first-order valence-corrected chi connectivity index (χ1v) is 5.79. The third-order valence-corrected chi connectivity index (χ3v) is 3.44. The van der Waals surface area contributed by atoms with Crippen LogP contribution in [0.25, 0.3) is 0 Å². The van der Waals surface area contributed by atoms with Crippen molar-refractivity contribution in [2.24, 2.45) is 0 Å². The fourth-order valence-corrected chi connectivity index (χ4v) is 1.80. The lowest BCUT2D eigenvalue weighted by atomic mass is 10.3. The van der Waals surface area contributed by atoms with Gasteiger partial charge in [-0.05, 0) is 43.4 Å². The van der Waals surface area contributed by atoms with E-state index in [0.717, 1.165) is 29.8 Å². The van der Waals surface area contributed by atoms with Crippen molar-refractivity contribution in [3.63, 3.8) is 0 Å². The average molecular weight is 260 g/mol. The first-order chi connectivity index (χ1) is 6.60. The van der Waals surface area contributed by atoms with Crippen LogP contribution >= 0.6 is 15.9 Å². The smallest absolute Gasteiger partial charge is 0.0739 e. The minimum atomic E-state index is 0.930. The fraction of sp³-hybridized carbons (Fsp3) is 0.700. The van der Waals surface area contributed by atoms with Crippen LogP contribution in [0.5, 0.6) is 0 Å². The highest BCUT2D eigenvalue weighted by molar-refractivity contribution is 9.10. The normalized spacial score (nSPS) is 11.3. The zero-order chi connectivity index (χ0) is 10.7. The Bertz CT molecular complexity index is 307. The molecule has 3 nitrogen and oxygen atoms in total. The van der Waals surface area contributed by atoms with Gasteiger partial charge in [0.05, 0.1) is 15.9 Å². The van der Waals surface area contributed by atoms with Gasteiger partial charge in [0, 0.05) is 13.1 Å². The van der Waals surface area contributed by atoms with Gasteiger partial charge in [0.15, 0.2) is 0 Å². The van der Waals surface area contributed by atoms with E-state index in [1.807, 2.05) is 6.92 Å².